The number of para-hydroxylation sites is 1. The maximum atomic E-state index is 12.3. The van der Waals surface area contributed by atoms with Crippen molar-refractivity contribution in [2.75, 3.05) is 0 Å². The van der Waals surface area contributed by atoms with Gasteiger partial charge < -0.3 is 4.74 Å². The van der Waals surface area contributed by atoms with Crippen molar-refractivity contribution >= 4 is 33.5 Å². The summed E-state index contributed by atoms with van der Waals surface area (Å²) in [5.41, 5.74) is 0. The second-order valence-corrected chi connectivity index (χ2v) is 6.26. The number of amides is 1. The molecule has 1 N–H and O–H groups in total. The Balaban J connectivity index is 1.89. The Morgan fingerprint density at radius 1 is 1.22 bits per heavy atom. The Morgan fingerprint density at radius 2 is 1.96 bits per heavy atom. The maximum absolute atomic E-state index is 12.3. The van der Waals surface area contributed by atoms with E-state index in [9.17, 15) is 13.2 Å². The van der Waals surface area contributed by atoms with Crippen molar-refractivity contribution < 1.29 is 17.9 Å². The van der Waals surface area contributed by atoms with Gasteiger partial charge in [0.2, 0.25) is 10.8 Å². The summed E-state index contributed by atoms with van der Waals surface area (Å²) in [5.74, 6) is 0.292. The number of ether oxygens (including phenoxy) is 1. The number of sulfonamides is 1. The minimum absolute atomic E-state index is 0.0919. The number of hydrogen-bond donors (Lipinski definition) is 1. The van der Waals surface area contributed by atoms with Crippen LogP contribution in [0.1, 0.15) is 0 Å². The number of halogens is 1. The Labute approximate surface area is 135 Å². The molecule has 23 heavy (non-hydrogen) atoms. The highest BCUT2D eigenvalue weighted by molar-refractivity contribution is 7.90. The third kappa shape index (κ3) is 3.10. The van der Waals surface area contributed by atoms with Crippen LogP contribution in [0.2, 0.25) is 5.15 Å². The molecular weight excluding hydrogens is 344 g/mol. The van der Waals surface area contributed by atoms with Crippen LogP contribution in [-0.2, 0) is 10.0 Å². The minimum Gasteiger partial charge on any atom is -0.410 e. The number of nitrogens with zero attached hydrogens (tertiary/aromatic N) is 3. The van der Waals surface area contributed by atoms with Crippen molar-refractivity contribution in [3.8, 4) is 5.75 Å². The molecule has 0 radical (unpaired) electrons. The predicted octanol–water partition coefficient (Wildman–Crippen LogP) is 1.86. The number of nitrogens with one attached hydrogen (secondary N) is 1. The lowest BCUT2D eigenvalue weighted by Crippen LogP contribution is -2.33. The predicted molar refractivity (Wildman–Crippen MR) is 80.8 cm³/mol. The Hall–Kier alpha value is -2.65. The fraction of sp³-hybridized carbons (Fsp3) is 0. The molecular formula is C13H9ClN4O4S. The number of carbonyl (C=O) groups is 1. The molecule has 8 nitrogen and oxygen atoms in total. The zero-order valence-electron chi connectivity index (χ0n) is 11.4. The lowest BCUT2D eigenvalue weighted by atomic mass is 10.3. The van der Waals surface area contributed by atoms with Crippen LogP contribution >= 0.6 is 11.6 Å². The van der Waals surface area contributed by atoms with E-state index in [0.29, 0.717) is 0 Å². The Morgan fingerprint density at radius 3 is 2.70 bits per heavy atom. The molecule has 0 bridgehead atoms. The molecule has 0 spiro atoms. The molecule has 0 saturated carbocycles. The van der Waals surface area contributed by atoms with Gasteiger partial charge in [0.15, 0.2) is 5.15 Å². The van der Waals surface area contributed by atoms with Crippen LogP contribution < -0.4 is 9.46 Å². The molecule has 0 atom stereocenters. The third-order valence-corrected chi connectivity index (χ3v) is 4.46. The third-order valence-electron chi connectivity index (χ3n) is 2.75. The molecule has 0 fully saturated rings. The molecule has 10 heteroatoms. The number of benzene rings is 1. The standard InChI is InChI=1S/C13H9ClN4O4S/c14-10-11(18-8-4-7-15-12(18)16-10)23(20,21)17-13(19)22-9-5-2-1-3-6-9/h1-8H,(H,17,19). The Kier molecular flexibility index (Phi) is 3.89. The van der Waals surface area contributed by atoms with E-state index in [2.05, 4.69) is 9.97 Å². The summed E-state index contributed by atoms with van der Waals surface area (Å²) in [6.07, 6.45) is 1.69. The summed E-state index contributed by atoms with van der Waals surface area (Å²) < 4.78 is 32.5. The van der Waals surface area contributed by atoms with Gasteiger partial charge in [-0.15, -0.1) is 0 Å². The lowest BCUT2D eigenvalue weighted by molar-refractivity contribution is 0.207. The number of aromatic nitrogens is 3. The average molecular weight is 353 g/mol. The van der Waals surface area contributed by atoms with Crippen molar-refractivity contribution in [3.63, 3.8) is 0 Å². The number of carbonyl (C=O) groups excluding carboxylic acids is 1. The SMILES string of the molecule is O=C(NS(=O)(=O)c1c(Cl)nc2ncccn12)Oc1ccccc1. The molecule has 3 rings (SSSR count). The van der Waals surface area contributed by atoms with Crippen LogP contribution in [0.3, 0.4) is 0 Å². The van der Waals surface area contributed by atoms with Crippen LogP contribution in [0.15, 0.2) is 53.8 Å². The Bertz CT molecular complexity index is 972. The molecule has 0 unspecified atom stereocenters. The number of rotatable bonds is 3. The molecule has 0 aliphatic rings. The van der Waals surface area contributed by atoms with Gasteiger partial charge in [0, 0.05) is 12.4 Å². The monoisotopic (exact) mass is 352 g/mol. The highest BCUT2D eigenvalue weighted by Crippen LogP contribution is 2.21. The van der Waals surface area contributed by atoms with E-state index in [-0.39, 0.29) is 16.7 Å². The van der Waals surface area contributed by atoms with Gasteiger partial charge in [-0.1, -0.05) is 29.8 Å². The van der Waals surface area contributed by atoms with Crippen LogP contribution in [0, 0.1) is 0 Å². The van der Waals surface area contributed by atoms with Gasteiger partial charge in [0.25, 0.3) is 10.0 Å². The largest absolute Gasteiger partial charge is 0.426 e. The average Bonchev–Trinajstić information content (AvgIpc) is 2.84. The summed E-state index contributed by atoms with van der Waals surface area (Å²) in [4.78, 5) is 19.5. The molecule has 0 aliphatic carbocycles. The van der Waals surface area contributed by atoms with E-state index in [1.165, 1.54) is 30.6 Å². The van der Waals surface area contributed by atoms with E-state index < -0.39 is 21.1 Å². The first kappa shape index (κ1) is 15.3. The first-order valence-electron chi connectivity index (χ1n) is 6.25. The molecule has 1 aromatic carbocycles. The van der Waals surface area contributed by atoms with Gasteiger partial charge in [-0.05, 0) is 18.2 Å². The molecule has 3 aromatic rings. The van der Waals surface area contributed by atoms with Gasteiger partial charge in [-0.25, -0.2) is 14.5 Å². The summed E-state index contributed by atoms with van der Waals surface area (Å²) in [6, 6.07) is 9.54. The van der Waals surface area contributed by atoms with E-state index in [4.69, 9.17) is 16.3 Å². The zero-order valence-corrected chi connectivity index (χ0v) is 13.0. The molecule has 2 heterocycles. The summed E-state index contributed by atoms with van der Waals surface area (Å²) in [5, 5.41) is -0.698. The quantitative estimate of drug-likeness (QED) is 0.771. The van der Waals surface area contributed by atoms with Crippen molar-refractivity contribution in [2.24, 2.45) is 0 Å². The van der Waals surface area contributed by atoms with E-state index in [1.54, 1.807) is 22.9 Å². The van der Waals surface area contributed by atoms with Crippen LogP contribution in [0.4, 0.5) is 4.79 Å². The van der Waals surface area contributed by atoms with Crippen molar-refractivity contribution in [3.05, 3.63) is 53.9 Å². The molecule has 0 saturated heterocycles. The number of fused-ring (bicyclic) bond motifs is 1. The van der Waals surface area contributed by atoms with Crippen molar-refractivity contribution in [1.82, 2.24) is 19.1 Å². The summed E-state index contributed by atoms with van der Waals surface area (Å²) >= 11 is 5.85. The van der Waals surface area contributed by atoms with Gasteiger partial charge in [0.1, 0.15) is 5.75 Å². The molecule has 0 aliphatic heterocycles. The van der Waals surface area contributed by atoms with Crippen LogP contribution in [0.5, 0.6) is 5.75 Å². The van der Waals surface area contributed by atoms with E-state index in [1.807, 2.05) is 0 Å². The maximum Gasteiger partial charge on any atom is 0.426 e. The van der Waals surface area contributed by atoms with Gasteiger partial charge >= 0.3 is 6.09 Å². The highest BCUT2D eigenvalue weighted by Gasteiger charge is 2.27. The first-order valence-corrected chi connectivity index (χ1v) is 8.12. The smallest absolute Gasteiger partial charge is 0.410 e. The fourth-order valence-electron chi connectivity index (χ4n) is 1.85. The summed E-state index contributed by atoms with van der Waals surface area (Å²) in [7, 11) is -4.29. The second kappa shape index (κ2) is 5.86. The number of hydrogen-bond acceptors (Lipinski definition) is 6. The fourth-order valence-corrected chi connectivity index (χ4v) is 3.35. The van der Waals surface area contributed by atoms with E-state index >= 15 is 0 Å². The topological polar surface area (TPSA) is 103 Å². The minimum atomic E-state index is -4.29. The van der Waals surface area contributed by atoms with Crippen molar-refractivity contribution in [1.29, 1.82) is 0 Å². The highest BCUT2D eigenvalue weighted by atomic mass is 35.5. The van der Waals surface area contributed by atoms with Crippen LogP contribution in [-0.4, -0.2) is 28.9 Å². The summed E-state index contributed by atoms with van der Waals surface area (Å²) in [6.45, 7) is 0. The van der Waals surface area contributed by atoms with Crippen LogP contribution in [0.25, 0.3) is 5.78 Å². The number of imidazole rings is 1. The van der Waals surface area contributed by atoms with Crippen molar-refractivity contribution in [2.45, 2.75) is 5.03 Å². The van der Waals surface area contributed by atoms with E-state index in [0.717, 1.165) is 4.40 Å². The molecule has 118 valence electrons. The lowest BCUT2D eigenvalue weighted by Gasteiger charge is -2.07. The normalized spacial score (nSPS) is 11.3. The molecule has 2 aromatic heterocycles. The first-order chi connectivity index (χ1) is 11.0. The van der Waals surface area contributed by atoms with Gasteiger partial charge in [0.05, 0.1) is 0 Å². The second-order valence-electron chi connectivity index (χ2n) is 4.31. The van der Waals surface area contributed by atoms with Gasteiger partial charge in [-0.3, -0.25) is 4.40 Å². The molecule has 1 amide bonds. The van der Waals surface area contributed by atoms with Gasteiger partial charge in [-0.2, -0.15) is 13.4 Å². The zero-order chi connectivity index (χ0) is 16.4.